The number of hydrogen-bond donors (Lipinski definition) is 1. The number of aliphatic hydroxyl groups excluding tert-OH is 1. The van der Waals surface area contributed by atoms with Crippen LogP contribution in [0.25, 0.3) is 0 Å². The molecule has 6 heteroatoms. The maximum Gasteiger partial charge on any atom is 1.00 e. The van der Waals surface area contributed by atoms with E-state index in [1.54, 1.807) is 24.4 Å². The number of aromatic nitrogens is 1. The Bertz CT molecular complexity index is 519. The standard InChI is InChI=1S/C13H11N3OS.Cu/c17-12(11-8-4-5-9-14-11)15-16-13(18)10-6-2-1-3-7-10;/h1-9H,(H,15,17)(H,16,18);/q;+1/p-1. The van der Waals surface area contributed by atoms with E-state index in [1.807, 2.05) is 30.3 Å². The summed E-state index contributed by atoms with van der Waals surface area (Å²) < 4.78 is 0. The number of nitrogens with zero attached hydrogens (tertiary/aromatic N) is 3. The molecule has 0 bridgehead atoms. The molecule has 1 aromatic carbocycles. The van der Waals surface area contributed by atoms with Gasteiger partial charge in [-0.15, -0.1) is 5.10 Å². The van der Waals surface area contributed by atoms with Gasteiger partial charge < -0.3 is 17.7 Å². The van der Waals surface area contributed by atoms with Crippen molar-refractivity contribution in [2.24, 2.45) is 10.2 Å². The van der Waals surface area contributed by atoms with Crippen molar-refractivity contribution in [1.82, 2.24) is 4.98 Å². The summed E-state index contributed by atoms with van der Waals surface area (Å²) in [6.07, 6.45) is 1.57. The quantitative estimate of drug-likeness (QED) is 0.310. The largest absolute Gasteiger partial charge is 1.00 e. The van der Waals surface area contributed by atoms with E-state index in [0.29, 0.717) is 10.7 Å². The predicted molar refractivity (Wildman–Crippen MR) is 73.7 cm³/mol. The van der Waals surface area contributed by atoms with E-state index >= 15 is 0 Å². The summed E-state index contributed by atoms with van der Waals surface area (Å²) in [5.74, 6) is -0.256. The minimum atomic E-state index is -0.256. The van der Waals surface area contributed by atoms with Gasteiger partial charge in [0.15, 0.2) is 0 Å². The van der Waals surface area contributed by atoms with E-state index < -0.39 is 0 Å². The van der Waals surface area contributed by atoms with Gasteiger partial charge in [0.05, 0.1) is 0 Å². The van der Waals surface area contributed by atoms with E-state index in [-0.39, 0.29) is 23.0 Å². The van der Waals surface area contributed by atoms with E-state index in [0.717, 1.165) is 5.56 Å². The molecule has 0 saturated carbocycles. The third-order valence-corrected chi connectivity index (χ3v) is 2.47. The molecule has 0 saturated heterocycles. The first-order valence-electron chi connectivity index (χ1n) is 5.26. The molecule has 0 radical (unpaired) electrons. The van der Waals surface area contributed by atoms with Crippen LogP contribution in [0.3, 0.4) is 0 Å². The number of hydrogen-bond acceptors (Lipinski definition) is 4. The fourth-order valence-electron chi connectivity index (χ4n) is 1.28. The summed E-state index contributed by atoms with van der Waals surface area (Å²) in [6, 6.07) is 14.4. The van der Waals surface area contributed by atoms with Gasteiger partial charge in [0.2, 0.25) is 0 Å². The van der Waals surface area contributed by atoms with Gasteiger partial charge in [0.25, 0.3) is 5.90 Å². The number of rotatable bonds is 3. The normalized spacial score (nSPS) is 11.8. The van der Waals surface area contributed by atoms with Crippen LogP contribution in [0.5, 0.6) is 0 Å². The molecule has 1 aromatic heterocycles. The van der Waals surface area contributed by atoms with Crippen LogP contribution in [0.15, 0.2) is 64.9 Å². The van der Waals surface area contributed by atoms with Crippen molar-refractivity contribution in [1.29, 1.82) is 0 Å². The van der Waals surface area contributed by atoms with E-state index in [9.17, 15) is 5.11 Å². The maximum atomic E-state index is 9.65. The van der Waals surface area contributed by atoms with E-state index in [4.69, 9.17) is 12.6 Å². The first-order valence-corrected chi connectivity index (χ1v) is 5.66. The van der Waals surface area contributed by atoms with Gasteiger partial charge in [-0.05, 0) is 17.7 Å². The molecule has 2 aromatic rings. The van der Waals surface area contributed by atoms with Crippen molar-refractivity contribution in [3.05, 3.63) is 66.0 Å². The summed E-state index contributed by atoms with van der Waals surface area (Å²) in [6.45, 7) is 0. The molecule has 0 amide bonds. The summed E-state index contributed by atoms with van der Waals surface area (Å²) in [5, 5.41) is 17.4. The molecular weight excluding hydrogens is 310 g/mol. The van der Waals surface area contributed by atoms with Crippen LogP contribution in [-0.4, -0.2) is 21.0 Å². The molecule has 19 heavy (non-hydrogen) atoms. The molecule has 4 nitrogen and oxygen atoms in total. The summed E-state index contributed by atoms with van der Waals surface area (Å²) in [7, 11) is 0. The Kier molecular flexibility index (Phi) is 6.15. The summed E-state index contributed by atoms with van der Waals surface area (Å²) in [5.41, 5.74) is 1.14. The van der Waals surface area contributed by atoms with Crippen molar-refractivity contribution in [3.63, 3.8) is 0 Å². The minimum absolute atomic E-state index is 0. The van der Waals surface area contributed by atoms with Gasteiger partial charge in [0.1, 0.15) is 5.69 Å². The Morgan fingerprint density at radius 3 is 2.32 bits per heavy atom. The van der Waals surface area contributed by atoms with E-state index in [2.05, 4.69) is 15.2 Å². The maximum absolute atomic E-state index is 9.65. The van der Waals surface area contributed by atoms with Gasteiger partial charge in [-0.3, -0.25) is 4.98 Å². The third-order valence-electron chi connectivity index (χ3n) is 2.15. The van der Waals surface area contributed by atoms with Crippen molar-refractivity contribution in [2.45, 2.75) is 0 Å². The monoisotopic (exact) mass is 319 g/mol. The Hall–Kier alpha value is -1.75. The van der Waals surface area contributed by atoms with Crippen LogP contribution in [0.1, 0.15) is 11.3 Å². The van der Waals surface area contributed by atoms with Gasteiger partial charge in [0, 0.05) is 6.20 Å². The Morgan fingerprint density at radius 2 is 1.68 bits per heavy atom. The molecule has 0 aliphatic rings. The molecule has 0 aliphatic carbocycles. The smallest absolute Gasteiger partial charge is 0.758 e. The average Bonchev–Trinajstić information content (AvgIpc) is 2.46. The van der Waals surface area contributed by atoms with Gasteiger partial charge in [-0.2, -0.15) is 5.10 Å². The fourth-order valence-corrected chi connectivity index (χ4v) is 1.45. The fraction of sp³-hybridized carbons (Fsp3) is 0. The zero-order chi connectivity index (χ0) is 12.8. The first kappa shape index (κ1) is 15.3. The molecular formula is C13H10CuN3OS. The van der Waals surface area contributed by atoms with Crippen LogP contribution in [0.4, 0.5) is 0 Å². The van der Waals surface area contributed by atoms with Gasteiger partial charge in [-0.1, -0.05) is 41.4 Å². The molecule has 0 spiro atoms. The molecule has 0 aliphatic heterocycles. The third kappa shape index (κ3) is 4.44. The van der Waals surface area contributed by atoms with Crippen molar-refractivity contribution in [3.8, 4) is 0 Å². The second-order valence-electron chi connectivity index (χ2n) is 3.41. The zero-order valence-electron chi connectivity index (χ0n) is 9.69. The second kappa shape index (κ2) is 7.63. The molecule has 0 unspecified atom stereocenters. The molecule has 0 fully saturated rings. The van der Waals surface area contributed by atoms with Crippen LogP contribution < -0.4 is 0 Å². The minimum Gasteiger partial charge on any atom is -0.758 e. The topological polar surface area (TPSA) is 57.8 Å². The van der Waals surface area contributed by atoms with Crippen LogP contribution in [0, 0.1) is 0 Å². The molecule has 1 heterocycles. The predicted octanol–water partition coefficient (Wildman–Crippen LogP) is 2.29. The zero-order valence-corrected chi connectivity index (χ0v) is 11.5. The van der Waals surface area contributed by atoms with Gasteiger partial charge >= 0.3 is 17.1 Å². The van der Waals surface area contributed by atoms with Crippen LogP contribution in [0.2, 0.25) is 0 Å². The molecule has 0 atom stereocenters. The van der Waals surface area contributed by atoms with Crippen LogP contribution >= 0.6 is 0 Å². The van der Waals surface area contributed by atoms with Gasteiger partial charge in [-0.25, -0.2) is 0 Å². The summed E-state index contributed by atoms with van der Waals surface area (Å²) in [4.78, 5) is 3.95. The number of aliphatic hydroxyl groups is 1. The van der Waals surface area contributed by atoms with Crippen molar-refractivity contribution in [2.75, 3.05) is 0 Å². The molecule has 100 valence electrons. The summed E-state index contributed by atoms with van der Waals surface area (Å²) >= 11 is 5.08. The average molecular weight is 320 g/mol. The van der Waals surface area contributed by atoms with E-state index in [1.165, 1.54) is 0 Å². The number of benzene rings is 1. The molecule has 1 N–H and O–H groups in total. The van der Waals surface area contributed by atoms with Crippen molar-refractivity contribution < 1.29 is 22.2 Å². The SMILES string of the molecule is O/C(=N\N=C(/[S-])c1ccccc1)c1ccccn1.[Cu+]. The molecule has 2 rings (SSSR count). The Balaban J connectivity index is 0.00000180. The van der Waals surface area contributed by atoms with Crippen LogP contribution in [-0.2, 0) is 29.7 Å². The van der Waals surface area contributed by atoms with Crippen molar-refractivity contribution >= 4 is 23.6 Å². The Morgan fingerprint density at radius 1 is 1.00 bits per heavy atom. The second-order valence-corrected chi connectivity index (χ2v) is 3.80. The number of pyridine rings is 1. The first-order chi connectivity index (χ1) is 8.77. The Labute approximate surface area is 127 Å².